The largest absolute Gasteiger partial charge is 0.497 e. The second-order valence-electron chi connectivity index (χ2n) is 7.73. The molecule has 0 aliphatic heterocycles. The summed E-state index contributed by atoms with van der Waals surface area (Å²) in [6.45, 7) is 0.167. The van der Waals surface area contributed by atoms with Gasteiger partial charge in [0, 0.05) is 23.8 Å². The zero-order chi connectivity index (χ0) is 23.7. The van der Waals surface area contributed by atoms with Crippen LogP contribution in [0.5, 0.6) is 11.5 Å². The summed E-state index contributed by atoms with van der Waals surface area (Å²) >= 11 is 0. The van der Waals surface area contributed by atoms with Crippen molar-refractivity contribution in [3.05, 3.63) is 84.4 Å². The molecule has 0 aliphatic rings. The van der Waals surface area contributed by atoms with Crippen molar-refractivity contribution in [1.82, 2.24) is 19.6 Å². The van der Waals surface area contributed by atoms with E-state index in [9.17, 15) is 13.2 Å². The molecule has 0 unspecified atom stereocenters. The molecule has 0 atom stereocenters. The highest BCUT2D eigenvalue weighted by Crippen LogP contribution is 2.28. The topological polar surface area (TPSA) is 61.5 Å². The van der Waals surface area contributed by atoms with Gasteiger partial charge in [0.05, 0.1) is 19.0 Å². The van der Waals surface area contributed by atoms with Gasteiger partial charge in [-0.2, -0.15) is 13.2 Å². The number of alkyl halides is 3. The van der Waals surface area contributed by atoms with Gasteiger partial charge in [-0.25, -0.2) is 0 Å². The predicted molar refractivity (Wildman–Crippen MR) is 121 cm³/mol. The molecular formula is C25H19F3N4O2. The van der Waals surface area contributed by atoms with Crippen LogP contribution in [0.15, 0.2) is 73.1 Å². The molecule has 2 aromatic carbocycles. The molecule has 0 radical (unpaired) electrons. The molecule has 0 bridgehead atoms. The van der Waals surface area contributed by atoms with E-state index < -0.39 is 12.6 Å². The van der Waals surface area contributed by atoms with Crippen molar-refractivity contribution < 1.29 is 22.6 Å². The fraction of sp³-hybridized carbons (Fsp3) is 0.160. The highest BCUT2D eigenvalue weighted by atomic mass is 19.4. The first-order valence-electron chi connectivity index (χ1n) is 10.4. The Kier molecular flexibility index (Phi) is 5.53. The van der Waals surface area contributed by atoms with Crippen molar-refractivity contribution in [2.45, 2.75) is 19.2 Å². The highest BCUT2D eigenvalue weighted by molar-refractivity contribution is 5.85. The Labute approximate surface area is 192 Å². The van der Waals surface area contributed by atoms with Crippen LogP contribution in [-0.4, -0.2) is 32.9 Å². The number of halogens is 3. The normalized spacial score (nSPS) is 11.8. The van der Waals surface area contributed by atoms with Crippen molar-refractivity contribution in [3.8, 4) is 22.6 Å². The number of pyridine rings is 2. The molecule has 0 spiro atoms. The van der Waals surface area contributed by atoms with Crippen LogP contribution in [0.3, 0.4) is 0 Å². The maximum atomic E-state index is 12.6. The molecular weight excluding hydrogens is 445 g/mol. The molecule has 0 saturated carbocycles. The second-order valence-corrected chi connectivity index (χ2v) is 7.73. The lowest BCUT2D eigenvalue weighted by molar-refractivity contribution is -0.127. The van der Waals surface area contributed by atoms with E-state index >= 15 is 0 Å². The lowest BCUT2D eigenvalue weighted by Gasteiger charge is -2.10. The quantitative estimate of drug-likeness (QED) is 0.326. The van der Waals surface area contributed by atoms with Gasteiger partial charge in [-0.05, 0) is 47.0 Å². The third-order valence-electron chi connectivity index (χ3n) is 5.43. The zero-order valence-corrected chi connectivity index (χ0v) is 18.1. The summed E-state index contributed by atoms with van der Waals surface area (Å²) in [7, 11) is 1.60. The van der Waals surface area contributed by atoms with E-state index in [-0.39, 0.29) is 12.2 Å². The van der Waals surface area contributed by atoms with E-state index in [1.165, 1.54) is 12.1 Å². The minimum atomic E-state index is -4.23. The first kappa shape index (κ1) is 21.7. The van der Waals surface area contributed by atoms with Gasteiger partial charge in [0.2, 0.25) is 0 Å². The van der Waals surface area contributed by atoms with Crippen molar-refractivity contribution in [2.75, 3.05) is 7.11 Å². The number of fused-ring (bicyclic) bond motifs is 2. The highest BCUT2D eigenvalue weighted by Gasteiger charge is 2.27. The van der Waals surface area contributed by atoms with Crippen LogP contribution >= 0.6 is 0 Å². The number of rotatable bonds is 6. The summed E-state index contributed by atoms with van der Waals surface area (Å²) in [6, 6.07) is 17.4. The number of methoxy groups -OCH3 is 1. The Morgan fingerprint density at radius 3 is 2.47 bits per heavy atom. The van der Waals surface area contributed by atoms with E-state index in [1.54, 1.807) is 31.5 Å². The molecule has 0 N–H and O–H groups in total. The van der Waals surface area contributed by atoms with Crippen LogP contribution in [-0.2, 0) is 13.0 Å². The molecule has 5 aromatic rings. The maximum Gasteiger partial charge on any atom is 0.393 e. The summed E-state index contributed by atoms with van der Waals surface area (Å²) < 4.78 is 51.0. The SMILES string of the molecule is COc1ccc2c(OCc3nnc4ccc(-c5ccc(CC(F)(F)F)cc5)cn34)ccnc2c1. The zero-order valence-electron chi connectivity index (χ0n) is 18.1. The number of benzene rings is 2. The predicted octanol–water partition coefficient (Wildman–Crippen LogP) is 5.64. The Bertz CT molecular complexity index is 1460. The Hall–Kier alpha value is -4.14. The standard InChI is InChI=1S/C25H19F3N4O2/c1-33-19-7-8-20-21(12-19)29-11-10-22(20)34-15-24-31-30-23-9-6-18(14-32(23)24)17-4-2-16(3-5-17)13-25(26,27)28/h2-12,14H,13,15H2,1H3. The van der Waals surface area contributed by atoms with Crippen LogP contribution in [0, 0.1) is 0 Å². The fourth-order valence-electron chi connectivity index (χ4n) is 3.75. The van der Waals surface area contributed by atoms with Gasteiger partial charge in [-0.1, -0.05) is 24.3 Å². The van der Waals surface area contributed by atoms with E-state index in [0.29, 0.717) is 23.0 Å². The summed E-state index contributed by atoms with van der Waals surface area (Å²) in [5.41, 5.74) is 3.23. The first-order chi connectivity index (χ1) is 16.4. The molecule has 0 saturated heterocycles. The number of ether oxygens (including phenoxy) is 2. The Morgan fingerprint density at radius 2 is 1.71 bits per heavy atom. The van der Waals surface area contributed by atoms with Gasteiger partial charge in [-0.3, -0.25) is 9.38 Å². The molecule has 0 fully saturated rings. The van der Waals surface area contributed by atoms with Crippen LogP contribution < -0.4 is 9.47 Å². The smallest absolute Gasteiger partial charge is 0.393 e. The molecule has 34 heavy (non-hydrogen) atoms. The lowest BCUT2D eigenvalue weighted by Crippen LogP contribution is -2.11. The molecule has 5 rings (SSSR count). The third-order valence-corrected chi connectivity index (χ3v) is 5.43. The van der Waals surface area contributed by atoms with E-state index in [1.807, 2.05) is 40.9 Å². The van der Waals surface area contributed by atoms with Crippen molar-refractivity contribution >= 4 is 16.6 Å². The van der Waals surface area contributed by atoms with Crippen molar-refractivity contribution in [1.29, 1.82) is 0 Å². The van der Waals surface area contributed by atoms with Crippen molar-refractivity contribution in [2.24, 2.45) is 0 Å². The second kappa shape index (κ2) is 8.66. The molecule has 6 nitrogen and oxygen atoms in total. The van der Waals surface area contributed by atoms with Crippen LogP contribution in [0.4, 0.5) is 13.2 Å². The van der Waals surface area contributed by atoms with Gasteiger partial charge in [0.1, 0.15) is 18.1 Å². The van der Waals surface area contributed by atoms with Crippen LogP contribution in [0.25, 0.3) is 27.7 Å². The van der Waals surface area contributed by atoms with Gasteiger partial charge >= 0.3 is 6.18 Å². The number of nitrogens with zero attached hydrogens (tertiary/aromatic N) is 4. The third kappa shape index (κ3) is 4.50. The Morgan fingerprint density at radius 1 is 0.912 bits per heavy atom. The van der Waals surface area contributed by atoms with Crippen molar-refractivity contribution in [3.63, 3.8) is 0 Å². The van der Waals surface area contributed by atoms with Gasteiger partial charge in [0.15, 0.2) is 11.5 Å². The monoisotopic (exact) mass is 464 g/mol. The molecule has 9 heteroatoms. The van der Waals surface area contributed by atoms with E-state index in [0.717, 1.165) is 22.0 Å². The van der Waals surface area contributed by atoms with Crippen LogP contribution in [0.1, 0.15) is 11.4 Å². The Balaban J connectivity index is 1.39. The molecule has 172 valence electrons. The number of hydrogen-bond donors (Lipinski definition) is 0. The average Bonchev–Trinajstić information content (AvgIpc) is 3.24. The minimum Gasteiger partial charge on any atom is -0.497 e. The fourth-order valence-corrected chi connectivity index (χ4v) is 3.75. The molecule has 3 heterocycles. The van der Waals surface area contributed by atoms with E-state index in [4.69, 9.17) is 9.47 Å². The summed E-state index contributed by atoms with van der Waals surface area (Å²) in [5.74, 6) is 1.95. The van der Waals surface area contributed by atoms with Crippen LogP contribution in [0.2, 0.25) is 0 Å². The first-order valence-corrected chi connectivity index (χ1v) is 10.4. The number of hydrogen-bond acceptors (Lipinski definition) is 5. The number of aromatic nitrogens is 4. The van der Waals surface area contributed by atoms with Gasteiger partial charge < -0.3 is 9.47 Å². The lowest BCUT2D eigenvalue weighted by atomic mass is 10.0. The summed E-state index contributed by atoms with van der Waals surface area (Å²) in [4.78, 5) is 4.36. The molecule has 0 aliphatic carbocycles. The average molecular weight is 464 g/mol. The summed E-state index contributed by atoms with van der Waals surface area (Å²) in [6.07, 6.45) is -1.67. The maximum absolute atomic E-state index is 12.6. The van der Waals surface area contributed by atoms with E-state index in [2.05, 4.69) is 15.2 Å². The summed E-state index contributed by atoms with van der Waals surface area (Å²) in [5, 5.41) is 9.26. The molecule has 3 aromatic heterocycles. The minimum absolute atomic E-state index is 0.167. The molecule has 0 amide bonds. The van der Waals surface area contributed by atoms with Gasteiger partial charge in [-0.15, -0.1) is 10.2 Å². The van der Waals surface area contributed by atoms with Gasteiger partial charge in [0.25, 0.3) is 0 Å².